The van der Waals surface area contributed by atoms with E-state index in [1.165, 1.54) is 21.6 Å². The molecule has 3 unspecified atom stereocenters. The summed E-state index contributed by atoms with van der Waals surface area (Å²) in [5, 5.41) is 20.9. The number of hydrogen-bond acceptors (Lipinski definition) is 8. The molecule has 3 atom stereocenters. The topological polar surface area (TPSA) is 86.0 Å². The predicted octanol–water partition coefficient (Wildman–Crippen LogP) is 2.76. The van der Waals surface area contributed by atoms with Crippen LogP contribution in [0.15, 0.2) is 18.2 Å². The van der Waals surface area contributed by atoms with Crippen LogP contribution in [-0.2, 0) is 11.3 Å². The Morgan fingerprint density at radius 1 is 1.39 bits per heavy atom. The van der Waals surface area contributed by atoms with E-state index in [9.17, 15) is 15.2 Å². The normalized spacial score (nSPS) is 31.9. The van der Waals surface area contributed by atoms with Gasteiger partial charge in [0.1, 0.15) is 11.1 Å². The SMILES string of the molecule is CN1C(O)C2(CC(C)(C)C#N)SSC1(C)C(=O)N2Cc1cccc2c1OCO2. The molecule has 5 rings (SSSR count). The monoisotopic (exact) mass is 421 g/mol. The number of rotatable bonds is 4. The summed E-state index contributed by atoms with van der Waals surface area (Å²) in [6, 6.07) is 7.92. The maximum Gasteiger partial charge on any atom is 0.255 e. The summed E-state index contributed by atoms with van der Waals surface area (Å²) < 4.78 is 11.1. The fraction of sp³-hybridized carbons (Fsp3) is 0.579. The van der Waals surface area contributed by atoms with Gasteiger partial charge in [0.15, 0.2) is 16.4 Å². The summed E-state index contributed by atoms with van der Waals surface area (Å²) >= 11 is 0. The summed E-state index contributed by atoms with van der Waals surface area (Å²) in [6.45, 7) is 5.93. The number of likely N-dealkylation sites (N-methyl/N-ethyl adjacent to an activating group) is 1. The molecule has 0 radical (unpaired) electrons. The number of fused-ring (bicyclic) bond motifs is 4. The zero-order valence-electron chi connectivity index (χ0n) is 16.3. The number of nitrogens with zero attached hydrogens (tertiary/aromatic N) is 3. The Morgan fingerprint density at radius 2 is 2.14 bits per heavy atom. The van der Waals surface area contributed by atoms with Crippen molar-refractivity contribution in [2.75, 3.05) is 13.8 Å². The summed E-state index contributed by atoms with van der Waals surface area (Å²) in [5.74, 6) is 1.22. The highest BCUT2D eigenvalue weighted by Gasteiger charge is 2.67. The summed E-state index contributed by atoms with van der Waals surface area (Å²) in [5.41, 5.74) is 0.117. The fourth-order valence-corrected chi connectivity index (χ4v) is 7.76. The summed E-state index contributed by atoms with van der Waals surface area (Å²) in [7, 11) is 4.70. The number of carbonyl (C=O) groups excluding carboxylic acids is 1. The molecule has 4 aliphatic rings. The Bertz CT molecular complexity index is 873. The molecule has 7 nitrogen and oxygen atoms in total. The van der Waals surface area contributed by atoms with Crippen molar-refractivity contribution in [3.8, 4) is 17.6 Å². The van der Waals surface area contributed by atoms with E-state index in [1.807, 2.05) is 39.0 Å². The molecule has 0 aliphatic carbocycles. The Morgan fingerprint density at radius 3 is 2.86 bits per heavy atom. The highest BCUT2D eigenvalue weighted by Crippen LogP contribution is 2.63. The van der Waals surface area contributed by atoms with Crippen molar-refractivity contribution in [1.29, 1.82) is 5.26 Å². The molecule has 4 heterocycles. The number of carbonyl (C=O) groups is 1. The van der Waals surface area contributed by atoms with E-state index in [4.69, 9.17) is 9.47 Å². The lowest BCUT2D eigenvalue weighted by Crippen LogP contribution is -2.77. The number of aliphatic hydroxyl groups is 1. The first-order chi connectivity index (χ1) is 13.1. The maximum absolute atomic E-state index is 13.5. The first-order valence-electron chi connectivity index (χ1n) is 9.03. The van der Waals surface area contributed by atoms with Crippen molar-refractivity contribution in [3.63, 3.8) is 0 Å². The third-order valence-corrected chi connectivity index (χ3v) is 9.52. The molecule has 0 saturated carbocycles. The Labute approximate surface area is 172 Å². The molecule has 0 aromatic heterocycles. The summed E-state index contributed by atoms with van der Waals surface area (Å²) in [4.78, 5) is 15.2. The van der Waals surface area contributed by atoms with Crippen LogP contribution in [0.2, 0.25) is 0 Å². The Kier molecular flexibility index (Phi) is 4.54. The van der Waals surface area contributed by atoms with Crippen molar-refractivity contribution in [3.05, 3.63) is 23.8 Å². The van der Waals surface area contributed by atoms with Crippen molar-refractivity contribution in [2.24, 2.45) is 5.41 Å². The molecule has 3 saturated heterocycles. The third-order valence-electron chi connectivity index (χ3n) is 5.69. The van der Waals surface area contributed by atoms with Crippen LogP contribution in [0, 0.1) is 16.7 Å². The molecule has 1 amide bonds. The number of piperazine rings is 1. The number of para-hydroxylation sites is 1. The van der Waals surface area contributed by atoms with Crippen LogP contribution in [-0.4, -0.2) is 50.6 Å². The molecule has 3 fully saturated rings. The lowest BCUT2D eigenvalue weighted by atomic mass is 9.83. The number of aliphatic hydroxyl groups excluding tert-OH is 1. The van der Waals surface area contributed by atoms with E-state index < -0.39 is 21.4 Å². The standard InChI is InChI=1S/C19H23N3O4S2/c1-17(2,10-20)9-19-16(24)21(4)18(3,27-28-19)15(23)22(19)8-12-6-5-7-13-14(12)26-11-25-13/h5-7,16,24H,8-9,11H2,1-4H3. The number of benzene rings is 1. The molecule has 9 heteroatoms. The Balaban J connectivity index is 1.78. The largest absolute Gasteiger partial charge is 0.454 e. The van der Waals surface area contributed by atoms with E-state index in [2.05, 4.69) is 6.07 Å². The molecular weight excluding hydrogens is 398 g/mol. The minimum Gasteiger partial charge on any atom is -0.454 e. The molecule has 28 heavy (non-hydrogen) atoms. The van der Waals surface area contributed by atoms with Crippen LogP contribution >= 0.6 is 21.6 Å². The highest BCUT2D eigenvalue weighted by molar-refractivity contribution is 8.78. The van der Waals surface area contributed by atoms with Crippen LogP contribution in [0.5, 0.6) is 11.5 Å². The van der Waals surface area contributed by atoms with Crippen LogP contribution in [0.4, 0.5) is 0 Å². The molecule has 150 valence electrons. The van der Waals surface area contributed by atoms with Crippen molar-refractivity contribution >= 4 is 27.5 Å². The lowest BCUT2D eigenvalue weighted by molar-refractivity contribution is -0.179. The van der Waals surface area contributed by atoms with Crippen LogP contribution in [0.1, 0.15) is 32.8 Å². The molecular formula is C19H23N3O4S2. The molecule has 1 aromatic rings. The minimum atomic E-state index is -0.949. The molecule has 2 bridgehead atoms. The number of ether oxygens (including phenoxy) is 2. The van der Waals surface area contributed by atoms with Gasteiger partial charge < -0.3 is 19.5 Å². The van der Waals surface area contributed by atoms with Gasteiger partial charge in [-0.05, 0) is 33.9 Å². The molecule has 1 N–H and O–H groups in total. The van der Waals surface area contributed by atoms with Gasteiger partial charge in [-0.15, -0.1) is 0 Å². The average Bonchev–Trinajstić information content (AvgIpc) is 3.15. The van der Waals surface area contributed by atoms with Gasteiger partial charge in [-0.3, -0.25) is 9.69 Å². The average molecular weight is 422 g/mol. The number of hydrogen-bond donors (Lipinski definition) is 1. The van der Waals surface area contributed by atoms with Gasteiger partial charge in [-0.1, -0.05) is 33.7 Å². The van der Waals surface area contributed by atoms with Crippen LogP contribution in [0.3, 0.4) is 0 Å². The first-order valence-corrected chi connectivity index (χ1v) is 11.2. The van der Waals surface area contributed by atoms with Gasteiger partial charge >= 0.3 is 0 Å². The third kappa shape index (κ3) is 2.70. The van der Waals surface area contributed by atoms with Gasteiger partial charge in [-0.25, -0.2) is 0 Å². The smallest absolute Gasteiger partial charge is 0.255 e. The highest BCUT2D eigenvalue weighted by atomic mass is 33.1. The maximum atomic E-state index is 13.5. The van der Waals surface area contributed by atoms with Gasteiger partial charge in [0, 0.05) is 12.0 Å². The second kappa shape index (κ2) is 6.46. The van der Waals surface area contributed by atoms with Gasteiger partial charge in [-0.2, -0.15) is 5.26 Å². The van der Waals surface area contributed by atoms with Crippen molar-refractivity contribution in [2.45, 2.75) is 49.7 Å². The number of nitriles is 1. The fourth-order valence-electron chi connectivity index (χ4n) is 3.96. The number of amides is 1. The molecule has 4 aliphatic heterocycles. The van der Waals surface area contributed by atoms with Crippen molar-refractivity contribution in [1.82, 2.24) is 9.80 Å². The first kappa shape index (κ1) is 19.7. The van der Waals surface area contributed by atoms with E-state index in [0.29, 0.717) is 17.9 Å². The Hall–Kier alpha value is -1.60. The second-order valence-corrected chi connectivity index (χ2v) is 11.0. The quantitative estimate of drug-likeness (QED) is 0.743. The summed E-state index contributed by atoms with van der Waals surface area (Å²) in [6.07, 6.45) is -0.559. The van der Waals surface area contributed by atoms with E-state index in [1.54, 1.807) is 16.8 Å². The zero-order chi connectivity index (χ0) is 20.3. The molecule has 0 spiro atoms. The van der Waals surface area contributed by atoms with E-state index in [0.717, 1.165) is 5.56 Å². The minimum absolute atomic E-state index is 0.0747. The zero-order valence-corrected chi connectivity index (χ0v) is 17.9. The molecule has 1 aromatic carbocycles. The van der Waals surface area contributed by atoms with Gasteiger partial charge in [0.25, 0.3) is 5.91 Å². The van der Waals surface area contributed by atoms with Crippen LogP contribution < -0.4 is 9.47 Å². The predicted molar refractivity (Wildman–Crippen MR) is 107 cm³/mol. The van der Waals surface area contributed by atoms with Crippen molar-refractivity contribution < 1.29 is 19.4 Å². The van der Waals surface area contributed by atoms with Crippen LogP contribution in [0.25, 0.3) is 0 Å². The van der Waals surface area contributed by atoms with Gasteiger partial charge in [0.05, 0.1) is 18.0 Å². The van der Waals surface area contributed by atoms with E-state index in [-0.39, 0.29) is 19.2 Å². The lowest BCUT2D eigenvalue weighted by Gasteiger charge is -2.63. The second-order valence-electron chi connectivity index (χ2n) is 8.19. The van der Waals surface area contributed by atoms with E-state index >= 15 is 0 Å². The van der Waals surface area contributed by atoms with Gasteiger partial charge in [0.2, 0.25) is 6.79 Å².